The molecule has 4 rings (SSSR count). The highest BCUT2D eigenvalue weighted by molar-refractivity contribution is 5.03. The zero-order chi connectivity index (χ0) is 18.5. The maximum absolute atomic E-state index is 9.90. The first-order chi connectivity index (χ1) is 13.3. The van der Waals surface area contributed by atoms with Crippen LogP contribution in [0.2, 0.25) is 0 Å². The van der Waals surface area contributed by atoms with E-state index >= 15 is 0 Å². The van der Waals surface area contributed by atoms with Gasteiger partial charge >= 0.3 is 0 Å². The van der Waals surface area contributed by atoms with Gasteiger partial charge in [-0.15, -0.1) is 0 Å². The lowest BCUT2D eigenvalue weighted by Crippen LogP contribution is -2.44. The molecule has 1 N–H and O–H groups in total. The molecule has 3 aliphatic heterocycles. The molecule has 6 nitrogen and oxygen atoms in total. The molecule has 0 amide bonds. The molecule has 6 heteroatoms. The van der Waals surface area contributed by atoms with E-state index in [1.807, 2.05) is 12.3 Å². The number of rotatable bonds is 6. The zero-order valence-corrected chi connectivity index (χ0v) is 16.4. The molecule has 0 unspecified atom stereocenters. The topological polar surface area (TPSA) is 52.1 Å². The maximum Gasteiger partial charge on any atom is 0.0594 e. The number of aromatic nitrogens is 1. The first-order valence-corrected chi connectivity index (χ1v) is 10.6. The fourth-order valence-electron chi connectivity index (χ4n) is 4.97. The van der Waals surface area contributed by atoms with Crippen LogP contribution in [-0.2, 0) is 11.3 Å². The molecule has 0 saturated carbocycles. The Morgan fingerprint density at radius 1 is 1.00 bits per heavy atom. The van der Waals surface area contributed by atoms with E-state index in [4.69, 9.17) is 4.74 Å². The van der Waals surface area contributed by atoms with E-state index in [2.05, 4.69) is 31.8 Å². The van der Waals surface area contributed by atoms with Gasteiger partial charge in [0.1, 0.15) is 0 Å². The number of aliphatic hydroxyl groups excluding tert-OH is 1. The fourth-order valence-corrected chi connectivity index (χ4v) is 4.97. The standard InChI is InChI=1S/C21H34N4O2/c26-17-19-15-25(14-18(19)13-24-9-11-27-12-10-24)21-4-7-23(8-5-21)16-20-3-1-2-6-22-20/h1-3,6,18-19,21,26H,4-5,7-17H2/t18-,19-/m0/s1. The number of piperidine rings is 1. The fraction of sp³-hybridized carbons (Fsp3) is 0.762. The van der Waals surface area contributed by atoms with E-state index in [9.17, 15) is 5.11 Å². The molecular formula is C21H34N4O2. The number of morpholine rings is 1. The van der Waals surface area contributed by atoms with Gasteiger partial charge in [0.05, 0.1) is 18.9 Å². The summed E-state index contributed by atoms with van der Waals surface area (Å²) in [5.41, 5.74) is 1.17. The zero-order valence-electron chi connectivity index (χ0n) is 16.4. The Hall–Kier alpha value is -1.05. The van der Waals surface area contributed by atoms with Crippen LogP contribution in [0.4, 0.5) is 0 Å². The van der Waals surface area contributed by atoms with Crippen molar-refractivity contribution in [3.63, 3.8) is 0 Å². The summed E-state index contributed by atoms with van der Waals surface area (Å²) in [7, 11) is 0. The van der Waals surface area contributed by atoms with Crippen molar-refractivity contribution in [2.75, 3.05) is 65.6 Å². The van der Waals surface area contributed by atoms with Gasteiger partial charge < -0.3 is 9.84 Å². The van der Waals surface area contributed by atoms with E-state index in [0.29, 0.717) is 24.5 Å². The summed E-state index contributed by atoms with van der Waals surface area (Å²) in [5.74, 6) is 1.03. The van der Waals surface area contributed by atoms with Crippen LogP contribution in [0, 0.1) is 11.8 Å². The Bertz CT molecular complexity index is 559. The van der Waals surface area contributed by atoms with E-state index in [1.165, 1.54) is 18.5 Å². The third-order valence-corrected chi connectivity index (χ3v) is 6.62. The number of hydrogen-bond acceptors (Lipinski definition) is 6. The SMILES string of the molecule is OC[C@@H]1CN(C2CCN(Cc3ccccn3)CC2)C[C@@H]1CN1CCOCC1. The van der Waals surface area contributed by atoms with Crippen molar-refractivity contribution in [3.05, 3.63) is 30.1 Å². The monoisotopic (exact) mass is 374 g/mol. The molecule has 0 spiro atoms. The van der Waals surface area contributed by atoms with Gasteiger partial charge in [-0.25, -0.2) is 0 Å². The highest BCUT2D eigenvalue weighted by Crippen LogP contribution is 2.29. The summed E-state index contributed by atoms with van der Waals surface area (Å²) in [6.07, 6.45) is 4.35. The van der Waals surface area contributed by atoms with Crippen molar-refractivity contribution in [2.24, 2.45) is 11.8 Å². The van der Waals surface area contributed by atoms with Crippen LogP contribution in [0.25, 0.3) is 0 Å². The first-order valence-electron chi connectivity index (χ1n) is 10.6. The van der Waals surface area contributed by atoms with Gasteiger partial charge in [-0.2, -0.15) is 0 Å². The predicted molar refractivity (Wildman–Crippen MR) is 105 cm³/mol. The Morgan fingerprint density at radius 3 is 2.48 bits per heavy atom. The minimum Gasteiger partial charge on any atom is -0.396 e. The molecule has 0 aliphatic carbocycles. The molecule has 0 radical (unpaired) electrons. The molecule has 150 valence electrons. The summed E-state index contributed by atoms with van der Waals surface area (Å²) >= 11 is 0. The van der Waals surface area contributed by atoms with E-state index in [0.717, 1.165) is 65.6 Å². The van der Waals surface area contributed by atoms with Crippen molar-refractivity contribution in [3.8, 4) is 0 Å². The molecule has 3 aliphatic rings. The summed E-state index contributed by atoms with van der Waals surface area (Å²) in [4.78, 5) is 12.2. The number of hydrogen-bond donors (Lipinski definition) is 1. The number of nitrogens with zero attached hydrogens (tertiary/aromatic N) is 4. The number of pyridine rings is 1. The second kappa shape index (κ2) is 9.43. The van der Waals surface area contributed by atoms with Crippen molar-refractivity contribution in [2.45, 2.75) is 25.4 Å². The average Bonchev–Trinajstić information content (AvgIpc) is 3.13. The number of ether oxygens (including phenoxy) is 1. The Morgan fingerprint density at radius 2 is 1.78 bits per heavy atom. The van der Waals surface area contributed by atoms with Crippen LogP contribution in [-0.4, -0.2) is 96.5 Å². The van der Waals surface area contributed by atoms with Crippen LogP contribution in [0.3, 0.4) is 0 Å². The Labute approximate surface area is 163 Å². The summed E-state index contributed by atoms with van der Waals surface area (Å²) in [6, 6.07) is 6.85. The average molecular weight is 375 g/mol. The van der Waals surface area contributed by atoms with Gasteiger partial charge in [-0.1, -0.05) is 6.07 Å². The normalized spacial score (nSPS) is 29.4. The van der Waals surface area contributed by atoms with E-state index < -0.39 is 0 Å². The molecule has 0 aromatic carbocycles. The number of aliphatic hydroxyl groups is 1. The third kappa shape index (κ3) is 5.06. The molecule has 3 fully saturated rings. The quantitative estimate of drug-likeness (QED) is 0.799. The largest absolute Gasteiger partial charge is 0.396 e. The maximum atomic E-state index is 9.90. The van der Waals surface area contributed by atoms with Crippen LogP contribution in [0.5, 0.6) is 0 Å². The molecule has 0 bridgehead atoms. The lowest BCUT2D eigenvalue weighted by Gasteiger charge is -2.37. The predicted octanol–water partition coefficient (Wildman–Crippen LogP) is 0.919. The minimum atomic E-state index is 0.323. The summed E-state index contributed by atoms with van der Waals surface area (Å²) in [6.45, 7) is 10.7. The minimum absolute atomic E-state index is 0.323. The van der Waals surface area contributed by atoms with Gasteiger partial charge in [0.25, 0.3) is 0 Å². The van der Waals surface area contributed by atoms with Crippen LogP contribution < -0.4 is 0 Å². The molecule has 27 heavy (non-hydrogen) atoms. The van der Waals surface area contributed by atoms with Gasteiger partial charge in [0.2, 0.25) is 0 Å². The van der Waals surface area contributed by atoms with Crippen LogP contribution in [0.1, 0.15) is 18.5 Å². The third-order valence-electron chi connectivity index (χ3n) is 6.62. The molecule has 1 aromatic rings. The van der Waals surface area contributed by atoms with Crippen molar-refractivity contribution >= 4 is 0 Å². The van der Waals surface area contributed by atoms with Crippen molar-refractivity contribution < 1.29 is 9.84 Å². The van der Waals surface area contributed by atoms with Crippen molar-refractivity contribution in [1.29, 1.82) is 0 Å². The molecule has 3 saturated heterocycles. The molecule has 1 aromatic heterocycles. The Balaban J connectivity index is 1.25. The van der Waals surface area contributed by atoms with Gasteiger partial charge in [-0.3, -0.25) is 19.7 Å². The lowest BCUT2D eigenvalue weighted by molar-refractivity contribution is 0.0261. The lowest BCUT2D eigenvalue weighted by atomic mass is 9.96. The van der Waals surface area contributed by atoms with Crippen LogP contribution >= 0.6 is 0 Å². The van der Waals surface area contributed by atoms with E-state index in [-0.39, 0.29) is 0 Å². The van der Waals surface area contributed by atoms with Crippen molar-refractivity contribution in [1.82, 2.24) is 19.7 Å². The highest BCUT2D eigenvalue weighted by atomic mass is 16.5. The molecule has 4 heterocycles. The van der Waals surface area contributed by atoms with E-state index in [1.54, 1.807) is 0 Å². The van der Waals surface area contributed by atoms with Gasteiger partial charge in [-0.05, 0) is 36.8 Å². The second-order valence-corrected chi connectivity index (χ2v) is 8.40. The smallest absolute Gasteiger partial charge is 0.0594 e. The van der Waals surface area contributed by atoms with Gasteiger partial charge in [0, 0.05) is 71.2 Å². The van der Waals surface area contributed by atoms with Crippen LogP contribution in [0.15, 0.2) is 24.4 Å². The molecular weight excluding hydrogens is 340 g/mol. The second-order valence-electron chi connectivity index (χ2n) is 8.40. The number of likely N-dealkylation sites (tertiary alicyclic amines) is 2. The molecule has 2 atom stereocenters. The summed E-state index contributed by atoms with van der Waals surface area (Å²) in [5, 5.41) is 9.90. The summed E-state index contributed by atoms with van der Waals surface area (Å²) < 4.78 is 5.48. The van der Waals surface area contributed by atoms with Gasteiger partial charge in [0.15, 0.2) is 0 Å². The Kier molecular flexibility index (Phi) is 6.73. The highest BCUT2D eigenvalue weighted by Gasteiger charge is 2.37. The first kappa shape index (κ1) is 19.3.